The summed E-state index contributed by atoms with van der Waals surface area (Å²) in [4.78, 5) is 10.4. The summed E-state index contributed by atoms with van der Waals surface area (Å²) < 4.78 is 5.27. The molecule has 3 N–H and O–H groups in total. The van der Waals surface area contributed by atoms with Crippen molar-refractivity contribution < 1.29 is 9.36 Å². The molecule has 0 unspecified atom stereocenters. The lowest BCUT2D eigenvalue weighted by Gasteiger charge is -2.18. The Kier molecular flexibility index (Phi) is 4.69. The van der Waals surface area contributed by atoms with Gasteiger partial charge in [0.1, 0.15) is 5.71 Å². The van der Waals surface area contributed by atoms with Crippen molar-refractivity contribution in [2.24, 2.45) is 10.9 Å². The van der Waals surface area contributed by atoms with Gasteiger partial charge in [-0.1, -0.05) is 59.4 Å². The number of oxime groups is 1. The fraction of sp³-hybridized carbons (Fsp3) is 0.280. The second-order valence-electron chi connectivity index (χ2n) is 8.58. The molecule has 7 nitrogen and oxygen atoms in total. The minimum absolute atomic E-state index is 0.104. The minimum Gasteiger partial charge on any atom is -0.384 e. The fourth-order valence-electron chi connectivity index (χ4n) is 4.38. The molecule has 0 amide bonds. The molecule has 1 aromatic heterocycles. The van der Waals surface area contributed by atoms with E-state index in [1.165, 1.54) is 17.2 Å². The number of benzene rings is 2. The number of aromatic nitrogens is 2. The predicted octanol–water partition coefficient (Wildman–Crippen LogP) is 4.39. The van der Waals surface area contributed by atoms with Gasteiger partial charge in [0.25, 0.3) is 5.89 Å². The number of nitrogens with two attached hydrogens (primary N) is 1. The van der Waals surface area contributed by atoms with Crippen LogP contribution in [0.2, 0.25) is 0 Å². The summed E-state index contributed by atoms with van der Waals surface area (Å²) >= 11 is 0. The summed E-state index contributed by atoms with van der Waals surface area (Å²) in [7, 11) is 0. The largest absolute Gasteiger partial charge is 0.384 e. The SMILES string of the molecule is C=CC(=N)c1nc(C2(c3ccccc3O/N=C(\N)C3(c4ccccc4C)CC3)CC2)no1. The third-order valence-electron chi connectivity index (χ3n) is 6.58. The highest BCUT2D eigenvalue weighted by Crippen LogP contribution is 2.55. The summed E-state index contributed by atoms with van der Waals surface area (Å²) in [6, 6.07) is 16.0. The average molecular weight is 428 g/mol. The Morgan fingerprint density at radius 1 is 1.12 bits per heavy atom. The van der Waals surface area contributed by atoms with Crippen molar-refractivity contribution in [1.82, 2.24) is 10.1 Å². The number of hydrogen-bond acceptors (Lipinski definition) is 6. The minimum atomic E-state index is -0.405. The van der Waals surface area contributed by atoms with Crippen molar-refractivity contribution in [2.45, 2.75) is 43.4 Å². The highest BCUT2D eigenvalue weighted by atomic mass is 16.6. The zero-order chi connectivity index (χ0) is 22.3. The van der Waals surface area contributed by atoms with Gasteiger partial charge in [-0.3, -0.25) is 5.41 Å². The standard InChI is InChI=1S/C25H25N5O2/c1-3-19(26)21-28-23(30-32-21)25(14-15-25)18-10-6-7-11-20(18)31-29-22(27)24(12-13-24)17-9-5-4-8-16(17)2/h3-11,26H,1,12-15H2,2H3,(H2,27,29). The Labute approximate surface area is 186 Å². The second-order valence-corrected chi connectivity index (χ2v) is 8.58. The first kappa shape index (κ1) is 20.2. The smallest absolute Gasteiger partial charge is 0.275 e. The topological polar surface area (TPSA) is 110 Å². The third-order valence-corrected chi connectivity index (χ3v) is 6.58. The lowest BCUT2D eigenvalue weighted by Crippen LogP contribution is -2.30. The Morgan fingerprint density at radius 2 is 1.81 bits per heavy atom. The Bertz CT molecular complexity index is 1230. The number of nitrogens with zero attached hydrogens (tertiary/aromatic N) is 3. The predicted molar refractivity (Wildman–Crippen MR) is 122 cm³/mol. The molecule has 7 heteroatoms. The van der Waals surface area contributed by atoms with E-state index in [2.05, 4.69) is 40.9 Å². The van der Waals surface area contributed by atoms with Gasteiger partial charge >= 0.3 is 0 Å². The van der Waals surface area contributed by atoms with Crippen molar-refractivity contribution in [3.63, 3.8) is 0 Å². The lowest BCUT2D eigenvalue weighted by molar-refractivity contribution is 0.331. The summed E-state index contributed by atoms with van der Waals surface area (Å²) in [6.45, 7) is 5.69. The van der Waals surface area contributed by atoms with Crippen LogP contribution < -0.4 is 10.6 Å². The summed E-state index contributed by atoms with van der Waals surface area (Å²) in [5, 5.41) is 16.4. The van der Waals surface area contributed by atoms with Gasteiger partial charge in [-0.05, 0) is 55.9 Å². The molecule has 2 aliphatic carbocycles. The molecular weight excluding hydrogens is 402 g/mol. The number of aryl methyl sites for hydroxylation is 1. The lowest BCUT2D eigenvalue weighted by atomic mass is 9.91. The van der Waals surface area contributed by atoms with Gasteiger partial charge in [0.05, 0.1) is 10.8 Å². The van der Waals surface area contributed by atoms with Crippen LogP contribution in [0.1, 0.15) is 54.1 Å². The van der Waals surface area contributed by atoms with Gasteiger partial charge in [-0.2, -0.15) is 4.98 Å². The summed E-state index contributed by atoms with van der Waals surface area (Å²) in [6.07, 6.45) is 5.03. The normalized spacial score (nSPS) is 18.1. The van der Waals surface area contributed by atoms with E-state index in [4.69, 9.17) is 20.5 Å². The number of amidine groups is 1. The fourth-order valence-corrected chi connectivity index (χ4v) is 4.38. The maximum atomic E-state index is 7.86. The third kappa shape index (κ3) is 3.21. The van der Waals surface area contributed by atoms with Crippen molar-refractivity contribution >= 4 is 11.5 Å². The molecule has 2 aliphatic rings. The average Bonchev–Trinajstić information content (AvgIpc) is 3.75. The van der Waals surface area contributed by atoms with E-state index < -0.39 is 5.41 Å². The van der Waals surface area contributed by atoms with Crippen LogP contribution in [-0.2, 0) is 10.8 Å². The molecule has 2 aromatic carbocycles. The Hall–Kier alpha value is -3.74. The number of nitrogens with one attached hydrogen (secondary N) is 1. The van der Waals surface area contributed by atoms with Gasteiger partial charge < -0.3 is 15.1 Å². The van der Waals surface area contributed by atoms with Gasteiger partial charge in [-0.15, -0.1) is 0 Å². The number of rotatable bonds is 8. The van der Waals surface area contributed by atoms with E-state index in [9.17, 15) is 0 Å². The first-order chi connectivity index (χ1) is 15.5. The molecule has 1 heterocycles. The molecular formula is C25H25N5O2. The van der Waals surface area contributed by atoms with Gasteiger partial charge in [0, 0.05) is 5.56 Å². The molecule has 0 bridgehead atoms. The zero-order valence-electron chi connectivity index (χ0n) is 18.0. The highest BCUT2D eigenvalue weighted by Gasteiger charge is 2.52. The molecule has 2 fully saturated rings. The number of allylic oxidation sites excluding steroid dienone is 1. The molecule has 0 aliphatic heterocycles. The van der Waals surface area contributed by atoms with Crippen LogP contribution >= 0.6 is 0 Å². The number of para-hydroxylation sites is 1. The van der Waals surface area contributed by atoms with Crippen LogP contribution in [-0.4, -0.2) is 21.7 Å². The van der Waals surface area contributed by atoms with Crippen LogP contribution in [0.5, 0.6) is 5.75 Å². The molecule has 32 heavy (non-hydrogen) atoms. The summed E-state index contributed by atoms with van der Waals surface area (Å²) in [5.74, 6) is 1.83. The Morgan fingerprint density at radius 3 is 2.47 bits per heavy atom. The van der Waals surface area contributed by atoms with Crippen LogP contribution in [0.15, 0.2) is 70.9 Å². The van der Waals surface area contributed by atoms with Crippen molar-refractivity contribution in [3.8, 4) is 5.75 Å². The van der Waals surface area contributed by atoms with Gasteiger partial charge in [-0.25, -0.2) is 0 Å². The van der Waals surface area contributed by atoms with Crippen molar-refractivity contribution in [2.75, 3.05) is 0 Å². The van der Waals surface area contributed by atoms with E-state index in [1.54, 1.807) is 0 Å². The molecule has 0 radical (unpaired) electrons. The molecule has 3 aromatic rings. The molecule has 162 valence electrons. The van der Waals surface area contributed by atoms with Gasteiger partial charge in [0.2, 0.25) is 0 Å². The van der Waals surface area contributed by atoms with Crippen LogP contribution in [0.3, 0.4) is 0 Å². The van der Waals surface area contributed by atoms with Crippen LogP contribution in [0.4, 0.5) is 0 Å². The Balaban J connectivity index is 1.44. The molecule has 5 rings (SSSR count). The van der Waals surface area contributed by atoms with Crippen LogP contribution in [0.25, 0.3) is 0 Å². The molecule has 0 atom stereocenters. The van der Waals surface area contributed by atoms with E-state index in [1.807, 2.05) is 36.4 Å². The first-order valence-electron chi connectivity index (χ1n) is 10.7. The van der Waals surface area contributed by atoms with E-state index >= 15 is 0 Å². The zero-order valence-corrected chi connectivity index (χ0v) is 18.0. The van der Waals surface area contributed by atoms with E-state index in [-0.39, 0.29) is 17.0 Å². The van der Waals surface area contributed by atoms with Crippen molar-refractivity contribution in [3.05, 3.63) is 89.6 Å². The monoisotopic (exact) mass is 427 g/mol. The first-order valence-corrected chi connectivity index (χ1v) is 10.7. The maximum absolute atomic E-state index is 7.86. The number of hydrogen-bond donors (Lipinski definition) is 2. The van der Waals surface area contributed by atoms with E-state index in [0.29, 0.717) is 17.4 Å². The van der Waals surface area contributed by atoms with Gasteiger partial charge in [0.15, 0.2) is 17.4 Å². The quantitative estimate of drug-likeness (QED) is 0.315. The molecule has 2 saturated carbocycles. The van der Waals surface area contributed by atoms with Crippen molar-refractivity contribution in [1.29, 1.82) is 5.41 Å². The summed E-state index contributed by atoms with van der Waals surface area (Å²) in [5.41, 5.74) is 9.26. The molecule has 0 saturated heterocycles. The second kappa shape index (κ2) is 7.44. The molecule has 0 spiro atoms. The highest BCUT2D eigenvalue weighted by molar-refractivity contribution is 6.02. The van der Waals surface area contributed by atoms with Crippen LogP contribution in [0, 0.1) is 12.3 Å². The van der Waals surface area contributed by atoms with E-state index in [0.717, 1.165) is 31.2 Å². The maximum Gasteiger partial charge on any atom is 0.275 e.